The lowest BCUT2D eigenvalue weighted by Crippen LogP contribution is -2.30. The number of hydrogen-bond donors (Lipinski definition) is 1. The number of methoxy groups -OCH3 is 1. The third-order valence-corrected chi connectivity index (χ3v) is 5.26. The second-order valence-corrected chi connectivity index (χ2v) is 7.12. The number of carbonyl (C=O) groups excluding carboxylic acids is 1. The quantitative estimate of drug-likeness (QED) is 0.894. The molecule has 1 aromatic heterocycles. The maximum absolute atomic E-state index is 12.5. The molecule has 1 saturated heterocycles. The van der Waals surface area contributed by atoms with E-state index in [1.165, 1.54) is 36.3 Å². The number of amides is 1. The summed E-state index contributed by atoms with van der Waals surface area (Å²) >= 11 is 1.36. The number of benzene rings is 1. The van der Waals surface area contributed by atoms with E-state index >= 15 is 0 Å². The van der Waals surface area contributed by atoms with Crippen molar-refractivity contribution in [2.75, 3.05) is 30.4 Å². The lowest BCUT2D eigenvalue weighted by atomic mass is 10.1. The molecular weight excluding hydrogens is 322 g/mol. The van der Waals surface area contributed by atoms with Crippen LogP contribution in [-0.4, -0.2) is 31.1 Å². The monoisotopic (exact) mass is 345 g/mol. The fourth-order valence-corrected chi connectivity index (χ4v) is 3.81. The highest BCUT2D eigenvalue weighted by Gasteiger charge is 2.17. The molecule has 0 bridgehead atoms. The lowest BCUT2D eigenvalue weighted by molar-refractivity contribution is 0.103. The van der Waals surface area contributed by atoms with Crippen LogP contribution in [-0.2, 0) is 11.3 Å². The van der Waals surface area contributed by atoms with Crippen LogP contribution in [0.2, 0.25) is 0 Å². The fraction of sp³-hybridized carbons (Fsp3) is 0.444. The molecule has 2 aromatic rings. The van der Waals surface area contributed by atoms with E-state index in [9.17, 15) is 4.79 Å². The van der Waals surface area contributed by atoms with Crippen LogP contribution in [0.1, 0.15) is 39.5 Å². The van der Waals surface area contributed by atoms with Gasteiger partial charge in [0.1, 0.15) is 9.88 Å². The summed E-state index contributed by atoms with van der Waals surface area (Å²) < 4.78 is 5.05. The van der Waals surface area contributed by atoms with Crippen molar-refractivity contribution in [1.29, 1.82) is 0 Å². The lowest BCUT2D eigenvalue weighted by Gasteiger charge is -2.30. The summed E-state index contributed by atoms with van der Waals surface area (Å²) in [6.45, 7) is 4.69. The van der Waals surface area contributed by atoms with Crippen LogP contribution in [0.3, 0.4) is 0 Å². The summed E-state index contributed by atoms with van der Waals surface area (Å²) in [4.78, 5) is 19.7. The number of carbonyl (C=O) groups is 1. The summed E-state index contributed by atoms with van der Waals surface area (Å²) in [5, 5.41) is 3.83. The first-order valence-corrected chi connectivity index (χ1v) is 9.10. The summed E-state index contributed by atoms with van der Waals surface area (Å²) in [5.74, 6) is -0.117. The average Bonchev–Trinajstić information content (AvgIpc) is 3.07. The Morgan fingerprint density at radius 1 is 1.33 bits per heavy atom. The van der Waals surface area contributed by atoms with E-state index in [-0.39, 0.29) is 5.91 Å². The van der Waals surface area contributed by atoms with Gasteiger partial charge in [0, 0.05) is 31.6 Å². The zero-order valence-electron chi connectivity index (χ0n) is 14.2. The minimum Gasteiger partial charge on any atom is -0.378 e. The molecular formula is C18H23N3O2S. The molecule has 1 fully saturated rings. The molecule has 24 heavy (non-hydrogen) atoms. The van der Waals surface area contributed by atoms with E-state index in [1.54, 1.807) is 13.3 Å². The maximum Gasteiger partial charge on any atom is 0.267 e. The number of anilines is 2. The Morgan fingerprint density at radius 3 is 2.88 bits per heavy atom. The van der Waals surface area contributed by atoms with E-state index in [2.05, 4.69) is 28.2 Å². The Morgan fingerprint density at radius 2 is 2.12 bits per heavy atom. The minimum atomic E-state index is -0.117. The number of rotatable bonds is 5. The Labute approximate surface area is 146 Å². The number of nitrogens with zero attached hydrogens (tertiary/aromatic N) is 2. The molecule has 0 aliphatic carbocycles. The standard InChI is InChI=1S/C18H23N3O2S/c1-13-14(7-6-8-15(13)21-9-4-3-5-10-21)20-18(22)16-11-19-17(24-16)12-23-2/h6-8,11H,3-5,9-10,12H2,1-2H3,(H,20,22). The topological polar surface area (TPSA) is 54.5 Å². The van der Waals surface area contributed by atoms with Gasteiger partial charge in [-0.2, -0.15) is 0 Å². The van der Waals surface area contributed by atoms with Gasteiger partial charge in [-0.15, -0.1) is 11.3 Å². The summed E-state index contributed by atoms with van der Waals surface area (Å²) in [5.41, 5.74) is 3.20. The van der Waals surface area contributed by atoms with Crippen LogP contribution < -0.4 is 10.2 Å². The van der Waals surface area contributed by atoms with E-state index in [0.29, 0.717) is 11.5 Å². The molecule has 1 N–H and O–H groups in total. The van der Waals surface area contributed by atoms with E-state index < -0.39 is 0 Å². The zero-order chi connectivity index (χ0) is 16.9. The van der Waals surface area contributed by atoms with Crippen molar-refractivity contribution in [2.24, 2.45) is 0 Å². The molecule has 5 nitrogen and oxygen atoms in total. The summed E-state index contributed by atoms with van der Waals surface area (Å²) in [6.07, 6.45) is 5.39. The van der Waals surface area contributed by atoms with Gasteiger partial charge in [-0.3, -0.25) is 4.79 Å². The van der Waals surface area contributed by atoms with Gasteiger partial charge in [-0.1, -0.05) is 6.07 Å². The highest BCUT2D eigenvalue weighted by Crippen LogP contribution is 2.29. The molecule has 1 amide bonds. The number of ether oxygens (including phenoxy) is 1. The minimum absolute atomic E-state index is 0.117. The molecule has 1 aromatic carbocycles. The van der Waals surface area contributed by atoms with Crippen LogP contribution >= 0.6 is 11.3 Å². The highest BCUT2D eigenvalue weighted by atomic mass is 32.1. The fourth-order valence-electron chi connectivity index (χ4n) is 3.03. The first-order chi connectivity index (χ1) is 11.7. The molecule has 2 heterocycles. The first kappa shape index (κ1) is 16.9. The second kappa shape index (κ2) is 7.77. The van der Waals surface area contributed by atoms with Crippen LogP contribution in [0.5, 0.6) is 0 Å². The average molecular weight is 345 g/mol. The summed E-state index contributed by atoms with van der Waals surface area (Å²) in [6, 6.07) is 6.10. The van der Waals surface area contributed by atoms with Crippen molar-refractivity contribution < 1.29 is 9.53 Å². The van der Waals surface area contributed by atoms with Gasteiger partial charge in [0.05, 0.1) is 12.8 Å². The highest BCUT2D eigenvalue weighted by molar-refractivity contribution is 7.13. The Hall–Kier alpha value is -1.92. The molecule has 1 aliphatic heterocycles. The van der Waals surface area contributed by atoms with E-state index in [1.807, 2.05) is 12.1 Å². The van der Waals surface area contributed by atoms with Gasteiger partial charge in [-0.05, 0) is 43.9 Å². The van der Waals surface area contributed by atoms with Gasteiger partial charge in [0.2, 0.25) is 0 Å². The SMILES string of the molecule is COCc1ncc(C(=O)Nc2cccc(N3CCCCC3)c2C)s1. The molecule has 0 saturated carbocycles. The molecule has 0 atom stereocenters. The number of thiazole rings is 1. The van der Waals surface area contributed by atoms with E-state index in [4.69, 9.17) is 4.74 Å². The van der Waals surface area contributed by atoms with E-state index in [0.717, 1.165) is 29.3 Å². The van der Waals surface area contributed by atoms with Gasteiger partial charge in [0.15, 0.2) is 0 Å². The van der Waals surface area contributed by atoms with Crippen molar-refractivity contribution in [1.82, 2.24) is 4.98 Å². The van der Waals surface area contributed by atoms with Crippen molar-refractivity contribution >= 4 is 28.6 Å². The third kappa shape index (κ3) is 3.76. The predicted molar refractivity (Wildman–Crippen MR) is 98.0 cm³/mol. The molecule has 0 spiro atoms. The predicted octanol–water partition coefficient (Wildman–Crippen LogP) is 3.84. The van der Waals surface area contributed by atoms with Crippen LogP contribution in [0, 0.1) is 6.92 Å². The van der Waals surface area contributed by atoms with Gasteiger partial charge >= 0.3 is 0 Å². The normalized spacial score (nSPS) is 14.7. The second-order valence-electron chi connectivity index (χ2n) is 6.00. The molecule has 1 aliphatic rings. The van der Waals surface area contributed by atoms with Gasteiger partial charge in [0.25, 0.3) is 5.91 Å². The number of nitrogens with one attached hydrogen (secondary N) is 1. The Kier molecular flexibility index (Phi) is 5.48. The van der Waals surface area contributed by atoms with Crippen LogP contribution in [0.25, 0.3) is 0 Å². The zero-order valence-corrected chi connectivity index (χ0v) is 15.0. The molecule has 128 valence electrons. The molecule has 6 heteroatoms. The van der Waals surface area contributed by atoms with Crippen molar-refractivity contribution in [3.05, 3.63) is 39.8 Å². The third-order valence-electron chi connectivity index (χ3n) is 4.30. The number of hydrogen-bond acceptors (Lipinski definition) is 5. The van der Waals surface area contributed by atoms with Gasteiger partial charge < -0.3 is 15.0 Å². The van der Waals surface area contributed by atoms with Crippen molar-refractivity contribution in [3.63, 3.8) is 0 Å². The number of aromatic nitrogens is 1. The van der Waals surface area contributed by atoms with Crippen LogP contribution in [0.4, 0.5) is 11.4 Å². The maximum atomic E-state index is 12.5. The smallest absolute Gasteiger partial charge is 0.267 e. The Bertz CT molecular complexity index is 708. The largest absolute Gasteiger partial charge is 0.378 e. The molecule has 0 unspecified atom stereocenters. The number of piperidine rings is 1. The first-order valence-electron chi connectivity index (χ1n) is 8.28. The summed E-state index contributed by atoms with van der Waals surface area (Å²) in [7, 11) is 1.62. The van der Waals surface area contributed by atoms with Crippen LogP contribution in [0.15, 0.2) is 24.4 Å². The van der Waals surface area contributed by atoms with Crippen molar-refractivity contribution in [3.8, 4) is 0 Å². The Balaban J connectivity index is 1.75. The van der Waals surface area contributed by atoms with Gasteiger partial charge in [-0.25, -0.2) is 4.98 Å². The molecule has 0 radical (unpaired) electrons. The van der Waals surface area contributed by atoms with Crippen molar-refractivity contribution in [2.45, 2.75) is 32.8 Å². The molecule has 3 rings (SSSR count).